The quantitative estimate of drug-likeness (QED) is 0.592. The van der Waals surface area contributed by atoms with Gasteiger partial charge in [-0.2, -0.15) is 0 Å². The minimum absolute atomic E-state index is 0.645. The van der Waals surface area contributed by atoms with Gasteiger partial charge in [0.25, 0.3) is 0 Å². The topological polar surface area (TPSA) is 70.3 Å². The summed E-state index contributed by atoms with van der Waals surface area (Å²) < 4.78 is 16.9. The van der Waals surface area contributed by atoms with Crippen LogP contribution >= 0.6 is 0 Å². The van der Waals surface area contributed by atoms with Crippen molar-refractivity contribution in [1.82, 2.24) is 25.8 Å². The highest BCUT2D eigenvalue weighted by atomic mass is 16.5. The summed E-state index contributed by atoms with van der Waals surface area (Å²) in [5.41, 5.74) is 2.74. The lowest BCUT2D eigenvalue weighted by molar-refractivity contribution is -0.00689. The molecule has 2 heterocycles. The van der Waals surface area contributed by atoms with Gasteiger partial charge in [-0.15, -0.1) is 0 Å². The van der Waals surface area contributed by atoms with Crippen LogP contribution in [0.25, 0.3) is 0 Å². The van der Waals surface area contributed by atoms with Crippen LogP contribution in [-0.4, -0.2) is 115 Å². The Bertz CT molecular complexity index is 593. The predicted octanol–water partition coefficient (Wildman–Crippen LogP) is 0.917. The van der Waals surface area contributed by atoms with Gasteiger partial charge in [-0.25, -0.2) is 0 Å². The highest BCUT2D eigenvalue weighted by molar-refractivity contribution is 5.22. The van der Waals surface area contributed by atoms with Crippen LogP contribution in [0.2, 0.25) is 0 Å². The molecule has 0 unspecified atom stereocenters. The average molecular weight is 478 g/mol. The molecule has 2 fully saturated rings. The summed E-state index contributed by atoms with van der Waals surface area (Å²) in [5, 5.41) is 10.7. The van der Waals surface area contributed by atoms with E-state index in [-0.39, 0.29) is 0 Å². The van der Waals surface area contributed by atoms with Crippen molar-refractivity contribution in [2.75, 3.05) is 105 Å². The van der Waals surface area contributed by atoms with Gasteiger partial charge in [0.15, 0.2) is 0 Å². The van der Waals surface area contributed by atoms with E-state index in [0.717, 1.165) is 91.8 Å². The summed E-state index contributed by atoms with van der Waals surface area (Å²) in [7, 11) is 0. The minimum atomic E-state index is 0.645. The molecule has 1 aromatic carbocycles. The Morgan fingerprint density at radius 1 is 0.500 bits per heavy atom. The Kier molecular flexibility index (Phi) is 14.7. The molecular formula is C26H47N5O3. The van der Waals surface area contributed by atoms with E-state index < -0.39 is 0 Å². The maximum absolute atomic E-state index is 5.72. The molecule has 3 N–H and O–H groups in total. The third-order valence-electron chi connectivity index (χ3n) is 6.30. The first-order valence-electron chi connectivity index (χ1n) is 13.3. The maximum atomic E-state index is 5.72. The van der Waals surface area contributed by atoms with Gasteiger partial charge < -0.3 is 30.2 Å². The van der Waals surface area contributed by atoms with Crippen LogP contribution < -0.4 is 16.0 Å². The maximum Gasteiger partial charge on any atom is 0.0701 e. The zero-order valence-electron chi connectivity index (χ0n) is 21.1. The smallest absolute Gasteiger partial charge is 0.0701 e. The van der Waals surface area contributed by atoms with Gasteiger partial charge in [-0.1, -0.05) is 24.3 Å². The molecule has 3 rings (SSSR count). The van der Waals surface area contributed by atoms with Crippen molar-refractivity contribution in [3.63, 3.8) is 0 Å². The fraction of sp³-hybridized carbons (Fsp3) is 0.769. The van der Waals surface area contributed by atoms with Crippen LogP contribution in [0.4, 0.5) is 0 Å². The monoisotopic (exact) mass is 477 g/mol. The fourth-order valence-corrected chi connectivity index (χ4v) is 4.29. The second kappa shape index (κ2) is 18.2. The van der Waals surface area contributed by atoms with Gasteiger partial charge in [-0.05, 0) is 50.1 Å². The van der Waals surface area contributed by atoms with E-state index in [0.29, 0.717) is 26.4 Å². The Labute approximate surface area is 206 Å². The van der Waals surface area contributed by atoms with Crippen molar-refractivity contribution in [1.29, 1.82) is 0 Å². The SMILES string of the molecule is c1cc(CN2CCOCCOCCOCC2)ccc1CN1CCCNCCNCCCNCC1. The lowest BCUT2D eigenvalue weighted by Crippen LogP contribution is -2.36. The number of nitrogens with one attached hydrogen (secondary N) is 3. The Balaban J connectivity index is 1.46. The van der Waals surface area contributed by atoms with Crippen molar-refractivity contribution in [2.24, 2.45) is 0 Å². The molecule has 34 heavy (non-hydrogen) atoms. The van der Waals surface area contributed by atoms with Gasteiger partial charge in [0.05, 0.1) is 39.6 Å². The predicted molar refractivity (Wildman–Crippen MR) is 137 cm³/mol. The van der Waals surface area contributed by atoms with E-state index >= 15 is 0 Å². The molecule has 0 aromatic heterocycles. The van der Waals surface area contributed by atoms with Crippen LogP contribution in [0.5, 0.6) is 0 Å². The molecule has 194 valence electrons. The molecule has 0 bridgehead atoms. The van der Waals surface area contributed by atoms with Crippen molar-refractivity contribution in [2.45, 2.75) is 25.9 Å². The van der Waals surface area contributed by atoms with Crippen LogP contribution in [-0.2, 0) is 27.3 Å². The van der Waals surface area contributed by atoms with E-state index in [4.69, 9.17) is 14.2 Å². The van der Waals surface area contributed by atoms with E-state index in [1.165, 1.54) is 24.0 Å². The first-order chi connectivity index (χ1) is 16.9. The molecule has 2 aliphatic rings. The normalized spacial score (nSPS) is 22.8. The first kappa shape index (κ1) is 27.5. The summed E-state index contributed by atoms with van der Waals surface area (Å²) in [4.78, 5) is 5.01. The number of hydrogen-bond donors (Lipinski definition) is 3. The number of benzene rings is 1. The van der Waals surface area contributed by atoms with Gasteiger partial charge in [0, 0.05) is 52.4 Å². The van der Waals surface area contributed by atoms with Gasteiger partial charge >= 0.3 is 0 Å². The summed E-state index contributed by atoms with van der Waals surface area (Å²) >= 11 is 0. The second-order valence-corrected chi connectivity index (χ2v) is 9.16. The van der Waals surface area contributed by atoms with E-state index in [2.05, 4.69) is 50.0 Å². The van der Waals surface area contributed by atoms with Crippen molar-refractivity contribution < 1.29 is 14.2 Å². The standard InChI is InChI=1S/C26H47N5O3/c1-7-27-10-11-28-9-2-13-30(14-12-29-8-1)23-25-3-5-26(6-4-25)24-31-15-17-32-19-21-34-22-20-33-18-16-31/h3-6,27-29H,1-2,7-24H2. The molecule has 1 aromatic rings. The van der Waals surface area contributed by atoms with Crippen molar-refractivity contribution in [3.8, 4) is 0 Å². The number of ether oxygens (including phenoxy) is 3. The van der Waals surface area contributed by atoms with Crippen LogP contribution in [0.1, 0.15) is 24.0 Å². The number of nitrogens with zero attached hydrogens (tertiary/aromatic N) is 2. The van der Waals surface area contributed by atoms with E-state index in [1.54, 1.807) is 0 Å². The minimum Gasteiger partial charge on any atom is -0.378 e. The molecule has 8 nitrogen and oxygen atoms in total. The number of rotatable bonds is 4. The Hall–Kier alpha value is -1.10. The average Bonchev–Trinajstić information content (AvgIpc) is 2.84. The lowest BCUT2D eigenvalue weighted by atomic mass is 10.1. The zero-order chi connectivity index (χ0) is 23.5. The third kappa shape index (κ3) is 12.6. The van der Waals surface area contributed by atoms with Crippen molar-refractivity contribution >= 4 is 0 Å². The van der Waals surface area contributed by atoms with E-state index in [9.17, 15) is 0 Å². The molecule has 0 amide bonds. The summed E-state index contributed by atoms with van der Waals surface area (Å²) in [5.74, 6) is 0. The van der Waals surface area contributed by atoms with Gasteiger partial charge in [0.2, 0.25) is 0 Å². The molecule has 0 atom stereocenters. The Morgan fingerprint density at radius 2 is 0.971 bits per heavy atom. The fourth-order valence-electron chi connectivity index (χ4n) is 4.29. The first-order valence-corrected chi connectivity index (χ1v) is 13.3. The molecule has 0 saturated carbocycles. The Morgan fingerprint density at radius 3 is 1.56 bits per heavy atom. The number of hydrogen-bond acceptors (Lipinski definition) is 8. The molecule has 0 radical (unpaired) electrons. The highest BCUT2D eigenvalue weighted by Crippen LogP contribution is 2.11. The summed E-state index contributed by atoms with van der Waals surface area (Å²) in [6, 6.07) is 9.19. The van der Waals surface area contributed by atoms with Crippen molar-refractivity contribution in [3.05, 3.63) is 35.4 Å². The molecule has 8 heteroatoms. The van der Waals surface area contributed by atoms with Crippen LogP contribution in [0, 0.1) is 0 Å². The third-order valence-corrected chi connectivity index (χ3v) is 6.30. The lowest BCUT2D eigenvalue weighted by Gasteiger charge is -2.24. The molecular weight excluding hydrogens is 430 g/mol. The van der Waals surface area contributed by atoms with E-state index in [1.807, 2.05) is 0 Å². The summed E-state index contributed by atoms with van der Waals surface area (Å²) in [6.07, 6.45) is 2.37. The summed E-state index contributed by atoms with van der Waals surface area (Å²) in [6.45, 7) is 16.5. The molecule has 0 spiro atoms. The highest BCUT2D eigenvalue weighted by Gasteiger charge is 2.10. The van der Waals surface area contributed by atoms with Crippen LogP contribution in [0.15, 0.2) is 24.3 Å². The van der Waals surface area contributed by atoms with Gasteiger partial charge in [0.1, 0.15) is 0 Å². The zero-order valence-corrected chi connectivity index (χ0v) is 21.1. The molecule has 2 aliphatic heterocycles. The second-order valence-electron chi connectivity index (χ2n) is 9.16. The van der Waals surface area contributed by atoms with Gasteiger partial charge in [-0.3, -0.25) is 9.80 Å². The molecule has 0 aliphatic carbocycles. The van der Waals surface area contributed by atoms with Crippen LogP contribution in [0.3, 0.4) is 0 Å². The molecule has 2 saturated heterocycles. The largest absolute Gasteiger partial charge is 0.378 e.